The molecule has 3 aliphatic rings. The molecule has 23 heavy (non-hydrogen) atoms. The van der Waals surface area contributed by atoms with Crippen LogP contribution in [-0.4, -0.2) is 49.8 Å². The number of hydrogen-bond donors (Lipinski definition) is 2. The second kappa shape index (κ2) is 6.34. The van der Waals surface area contributed by atoms with Gasteiger partial charge in [-0.2, -0.15) is 0 Å². The van der Waals surface area contributed by atoms with E-state index in [1.54, 1.807) is 0 Å². The third-order valence-corrected chi connectivity index (χ3v) is 4.94. The van der Waals surface area contributed by atoms with E-state index in [0.29, 0.717) is 0 Å². The monoisotopic (exact) mass is 313 g/mol. The molecule has 1 amide bonds. The lowest BCUT2D eigenvalue weighted by molar-refractivity contribution is 0.0696. The number of hydrogen-bond acceptors (Lipinski definition) is 4. The lowest BCUT2D eigenvalue weighted by Crippen LogP contribution is -2.48. The molecule has 1 aromatic rings. The van der Waals surface area contributed by atoms with Gasteiger partial charge in [0.15, 0.2) is 0 Å². The van der Waals surface area contributed by atoms with Gasteiger partial charge in [-0.25, -0.2) is 0 Å². The molecule has 3 heterocycles. The first-order chi connectivity index (χ1) is 11.3. The molecule has 2 fully saturated rings. The first-order valence-corrected chi connectivity index (χ1v) is 8.49. The summed E-state index contributed by atoms with van der Waals surface area (Å²) >= 11 is 0. The second-order valence-corrected chi connectivity index (χ2v) is 6.44. The highest BCUT2D eigenvalue weighted by Gasteiger charge is 2.19. The Labute approximate surface area is 136 Å². The summed E-state index contributed by atoms with van der Waals surface area (Å²) in [5.74, 6) is 0.0332. The van der Waals surface area contributed by atoms with Crippen LogP contribution in [0, 0.1) is 0 Å². The van der Waals surface area contributed by atoms with E-state index in [4.69, 9.17) is 4.74 Å². The molecular weight excluding hydrogens is 290 g/mol. The molecule has 0 bridgehead atoms. The van der Waals surface area contributed by atoms with E-state index in [2.05, 4.69) is 27.7 Å². The number of ether oxygens (including phenoxy) is 1. The predicted octanol–water partition coefficient (Wildman–Crippen LogP) is -0.249. The van der Waals surface area contributed by atoms with E-state index in [1.165, 1.54) is 16.1 Å². The van der Waals surface area contributed by atoms with Gasteiger partial charge in [0.25, 0.3) is 5.91 Å². The second-order valence-electron chi connectivity index (χ2n) is 6.44. The Bertz CT molecular complexity index is 722. The van der Waals surface area contributed by atoms with Crippen molar-refractivity contribution in [2.75, 3.05) is 33.0 Å². The zero-order valence-electron chi connectivity index (χ0n) is 13.3. The van der Waals surface area contributed by atoms with Crippen molar-refractivity contribution in [1.82, 2.24) is 15.5 Å². The van der Waals surface area contributed by atoms with Crippen molar-refractivity contribution in [2.24, 2.45) is 0 Å². The van der Waals surface area contributed by atoms with Crippen LogP contribution < -0.4 is 21.1 Å². The van der Waals surface area contributed by atoms with Crippen LogP contribution in [0.4, 0.5) is 0 Å². The molecule has 0 atom stereocenters. The van der Waals surface area contributed by atoms with E-state index >= 15 is 0 Å². The third kappa shape index (κ3) is 2.99. The summed E-state index contributed by atoms with van der Waals surface area (Å²) in [6, 6.07) is 6.35. The van der Waals surface area contributed by atoms with Gasteiger partial charge in [-0.1, -0.05) is 12.1 Å². The number of fused-ring (bicyclic) bond motifs is 2. The minimum atomic E-state index is 0.0332. The van der Waals surface area contributed by atoms with Crippen molar-refractivity contribution in [3.05, 3.63) is 34.2 Å². The zero-order chi connectivity index (χ0) is 15.6. The highest BCUT2D eigenvalue weighted by Crippen LogP contribution is 2.13. The lowest BCUT2D eigenvalue weighted by Gasteiger charge is -2.33. The van der Waals surface area contributed by atoms with Crippen molar-refractivity contribution in [3.8, 4) is 0 Å². The first-order valence-electron chi connectivity index (χ1n) is 8.49. The van der Waals surface area contributed by atoms with Crippen molar-refractivity contribution in [3.63, 3.8) is 0 Å². The number of carbonyl (C=O) groups is 1. The molecule has 0 aliphatic carbocycles. The van der Waals surface area contributed by atoms with Crippen LogP contribution in [0.3, 0.4) is 0 Å². The maximum absolute atomic E-state index is 12.5. The van der Waals surface area contributed by atoms with Crippen molar-refractivity contribution >= 4 is 17.7 Å². The molecule has 2 saturated heterocycles. The fraction of sp³-hybridized carbons (Fsp3) is 0.500. The van der Waals surface area contributed by atoms with Crippen LogP contribution in [0.1, 0.15) is 29.6 Å². The summed E-state index contributed by atoms with van der Waals surface area (Å²) in [5, 5.41) is 9.01. The van der Waals surface area contributed by atoms with Gasteiger partial charge >= 0.3 is 0 Å². The summed E-state index contributed by atoms with van der Waals surface area (Å²) in [6.07, 6.45) is 5.08. The average molecular weight is 313 g/mol. The summed E-state index contributed by atoms with van der Waals surface area (Å²) < 4.78 is 5.34. The molecule has 0 aromatic heterocycles. The largest absolute Gasteiger partial charge is 0.381 e. The number of nitrogens with zero attached hydrogens (tertiary/aromatic N) is 1. The van der Waals surface area contributed by atoms with Gasteiger partial charge < -0.3 is 15.0 Å². The molecule has 0 spiro atoms. The van der Waals surface area contributed by atoms with E-state index in [-0.39, 0.29) is 11.9 Å². The number of amides is 1. The molecule has 5 heteroatoms. The molecule has 2 N–H and O–H groups in total. The fourth-order valence-electron chi connectivity index (χ4n) is 3.61. The predicted molar refractivity (Wildman–Crippen MR) is 89.1 cm³/mol. The van der Waals surface area contributed by atoms with Gasteiger partial charge in [-0.05, 0) is 30.2 Å². The summed E-state index contributed by atoms with van der Waals surface area (Å²) in [5.41, 5.74) is 2.16. The highest BCUT2D eigenvalue weighted by molar-refractivity contribution is 5.94. The Morgan fingerprint density at radius 3 is 3.04 bits per heavy atom. The molecule has 122 valence electrons. The average Bonchev–Trinajstić information content (AvgIpc) is 2.62. The molecule has 0 unspecified atom stereocenters. The Hall–Kier alpha value is -1.85. The minimum Gasteiger partial charge on any atom is -0.381 e. The van der Waals surface area contributed by atoms with Crippen LogP contribution in [-0.2, 0) is 4.74 Å². The maximum atomic E-state index is 12.5. The quantitative estimate of drug-likeness (QED) is 0.791. The van der Waals surface area contributed by atoms with Crippen molar-refractivity contribution in [2.45, 2.75) is 25.3 Å². The topological polar surface area (TPSA) is 53.6 Å². The van der Waals surface area contributed by atoms with Crippen LogP contribution >= 0.6 is 0 Å². The summed E-state index contributed by atoms with van der Waals surface area (Å²) in [4.78, 5) is 14.9. The lowest BCUT2D eigenvalue weighted by atomic mass is 10.0. The van der Waals surface area contributed by atoms with Crippen LogP contribution in [0.5, 0.6) is 0 Å². The van der Waals surface area contributed by atoms with E-state index in [1.807, 2.05) is 12.1 Å². The van der Waals surface area contributed by atoms with Crippen LogP contribution in [0.15, 0.2) is 18.2 Å². The normalized spacial score (nSPS) is 21.2. The Kier molecular flexibility index (Phi) is 4.06. The van der Waals surface area contributed by atoms with Crippen molar-refractivity contribution in [1.29, 1.82) is 0 Å². The van der Waals surface area contributed by atoms with E-state index in [9.17, 15) is 4.79 Å². The third-order valence-electron chi connectivity index (χ3n) is 4.94. The smallest absolute Gasteiger partial charge is 0.251 e. The molecular formula is C18H23N3O2. The van der Waals surface area contributed by atoms with Crippen LogP contribution in [0.25, 0.3) is 11.8 Å². The van der Waals surface area contributed by atoms with Crippen molar-refractivity contribution < 1.29 is 9.53 Å². The van der Waals surface area contributed by atoms with Gasteiger partial charge in [0, 0.05) is 55.2 Å². The Balaban J connectivity index is 1.59. The van der Waals surface area contributed by atoms with Gasteiger partial charge in [0.1, 0.15) is 0 Å². The molecule has 5 nitrogen and oxygen atoms in total. The minimum absolute atomic E-state index is 0.0332. The van der Waals surface area contributed by atoms with Gasteiger partial charge in [-0.15, -0.1) is 0 Å². The van der Waals surface area contributed by atoms with Gasteiger partial charge in [0.05, 0.1) is 6.67 Å². The Morgan fingerprint density at radius 1 is 1.30 bits per heavy atom. The summed E-state index contributed by atoms with van der Waals surface area (Å²) in [7, 11) is 0. The SMILES string of the molecule is O=C(NC1CCOCC1)c1ccc2c(c1)=CCN1CNCCC=21. The van der Waals surface area contributed by atoms with E-state index < -0.39 is 0 Å². The van der Waals surface area contributed by atoms with Gasteiger partial charge in [-0.3, -0.25) is 10.1 Å². The molecule has 0 saturated carbocycles. The number of benzene rings is 1. The standard InChI is InChI=1S/C18H23N3O2/c22-18(20-15-5-9-23-10-6-15)14-1-2-16-13(11-14)4-8-21-12-19-7-3-17(16)21/h1-2,4,11,15,19H,3,5-10,12H2,(H,20,22). The van der Waals surface area contributed by atoms with Gasteiger partial charge in [0.2, 0.25) is 0 Å². The number of nitrogens with one attached hydrogen (secondary N) is 2. The highest BCUT2D eigenvalue weighted by atomic mass is 16.5. The van der Waals surface area contributed by atoms with E-state index in [0.717, 1.165) is 57.8 Å². The first kappa shape index (κ1) is 14.7. The number of rotatable bonds is 2. The zero-order valence-corrected chi connectivity index (χ0v) is 13.3. The fourth-order valence-corrected chi connectivity index (χ4v) is 3.61. The molecule has 1 aromatic carbocycles. The maximum Gasteiger partial charge on any atom is 0.251 e. The number of carbonyl (C=O) groups excluding carboxylic acids is 1. The Morgan fingerprint density at radius 2 is 2.17 bits per heavy atom. The molecule has 3 aliphatic heterocycles. The molecule has 0 radical (unpaired) electrons. The summed E-state index contributed by atoms with van der Waals surface area (Å²) in [6.45, 7) is 4.34. The van der Waals surface area contributed by atoms with Crippen LogP contribution in [0.2, 0.25) is 0 Å². The molecule has 4 rings (SSSR count).